The predicted molar refractivity (Wildman–Crippen MR) is 32.6 cm³/mol. The third-order valence-electron chi connectivity index (χ3n) is 1.10. The Balaban J connectivity index is 2.85. The summed E-state index contributed by atoms with van der Waals surface area (Å²) in [7, 11) is 0. The second-order valence-electron chi connectivity index (χ2n) is 1.84. The van der Waals surface area contributed by atoms with Crippen molar-refractivity contribution in [1.29, 1.82) is 0 Å². The molecule has 0 aliphatic carbocycles. The van der Waals surface area contributed by atoms with E-state index in [1.54, 1.807) is 12.1 Å². The van der Waals surface area contributed by atoms with E-state index in [1.165, 1.54) is 13.1 Å². The third kappa shape index (κ3) is 1.49. The molecule has 0 aliphatic rings. The van der Waals surface area contributed by atoms with Crippen molar-refractivity contribution >= 4 is 0 Å². The topological polar surface area (TPSA) is 12.9 Å². The summed E-state index contributed by atoms with van der Waals surface area (Å²) >= 11 is 0. The smallest absolute Gasteiger partial charge is 0.124 e. The fourth-order valence-corrected chi connectivity index (χ4v) is 0.567. The molecule has 0 amide bonds. The van der Waals surface area contributed by atoms with Crippen molar-refractivity contribution in [2.75, 3.05) is 0 Å². The summed E-state index contributed by atoms with van der Waals surface area (Å²) < 4.78 is 12.4. The van der Waals surface area contributed by atoms with Crippen LogP contribution in [0.2, 0.25) is 0 Å². The number of nitrogens with zero attached hydrogens (tertiary/aromatic N) is 1. The number of rotatable bonds is 1. The van der Waals surface area contributed by atoms with Gasteiger partial charge in [-0.1, -0.05) is 6.07 Å². The van der Waals surface area contributed by atoms with Crippen molar-refractivity contribution in [3.8, 4) is 0 Å². The Morgan fingerprint density at radius 3 is 2.89 bits per heavy atom. The van der Waals surface area contributed by atoms with Gasteiger partial charge in [-0.25, -0.2) is 4.39 Å². The van der Waals surface area contributed by atoms with Crippen molar-refractivity contribution in [3.63, 3.8) is 0 Å². The third-order valence-corrected chi connectivity index (χ3v) is 1.10. The number of halogens is 1. The molecule has 1 aromatic heterocycles. The summed E-state index contributed by atoms with van der Waals surface area (Å²) in [6.07, 6.45) is 3.12. The van der Waals surface area contributed by atoms with Crippen LogP contribution in [0.15, 0.2) is 18.3 Å². The first-order valence-electron chi connectivity index (χ1n) is 2.77. The van der Waals surface area contributed by atoms with Gasteiger partial charge in [0.15, 0.2) is 0 Å². The molecule has 9 heavy (non-hydrogen) atoms. The van der Waals surface area contributed by atoms with Crippen LogP contribution in [-0.2, 0) is 0 Å². The normalized spacial score (nSPS) is 13.1. The van der Waals surface area contributed by atoms with Gasteiger partial charge in [-0.05, 0) is 13.0 Å². The Hall–Kier alpha value is -0.920. The summed E-state index contributed by atoms with van der Waals surface area (Å²) in [5, 5.41) is 0. The lowest BCUT2D eigenvalue weighted by Crippen LogP contribution is -1.84. The average molecular weight is 124 g/mol. The Bertz CT molecular complexity index is 172. The highest BCUT2D eigenvalue weighted by Gasteiger charge is 1.99. The van der Waals surface area contributed by atoms with Gasteiger partial charge in [0.25, 0.3) is 0 Å². The molecule has 0 N–H and O–H groups in total. The molecule has 1 unspecified atom stereocenters. The fraction of sp³-hybridized carbons (Fsp3) is 0.286. The number of hydrogen-bond acceptors (Lipinski definition) is 1. The predicted octanol–water partition coefficient (Wildman–Crippen LogP) is 1.91. The van der Waals surface area contributed by atoms with Crippen LogP contribution in [0.4, 0.5) is 4.39 Å². The summed E-state index contributed by atoms with van der Waals surface area (Å²) in [5.74, 6) is 0. The lowest BCUT2D eigenvalue weighted by atomic mass is 10.2. The molecule has 0 spiro atoms. The van der Waals surface area contributed by atoms with Gasteiger partial charge in [0.1, 0.15) is 6.17 Å². The van der Waals surface area contributed by atoms with Gasteiger partial charge in [-0.15, -0.1) is 0 Å². The minimum Gasteiger partial charge on any atom is -0.254 e. The highest BCUT2D eigenvalue weighted by molar-refractivity contribution is 5.09. The number of aromatic nitrogens is 1. The molecule has 1 atom stereocenters. The quantitative estimate of drug-likeness (QED) is 0.557. The second kappa shape index (κ2) is 2.58. The molecule has 1 rings (SSSR count). The first-order chi connectivity index (χ1) is 4.30. The van der Waals surface area contributed by atoms with E-state index in [9.17, 15) is 4.39 Å². The molecule has 1 radical (unpaired) electrons. The monoisotopic (exact) mass is 124 g/mol. The van der Waals surface area contributed by atoms with Crippen LogP contribution in [0.5, 0.6) is 0 Å². The van der Waals surface area contributed by atoms with Gasteiger partial charge < -0.3 is 0 Å². The summed E-state index contributed by atoms with van der Waals surface area (Å²) in [6, 6.07) is 3.27. The Kier molecular flexibility index (Phi) is 1.78. The Morgan fingerprint density at radius 2 is 2.56 bits per heavy atom. The van der Waals surface area contributed by atoms with E-state index >= 15 is 0 Å². The fourth-order valence-electron chi connectivity index (χ4n) is 0.567. The maximum atomic E-state index is 12.4. The number of hydrogen-bond donors (Lipinski definition) is 0. The molecule has 0 bridgehead atoms. The van der Waals surface area contributed by atoms with E-state index in [-0.39, 0.29) is 0 Å². The first kappa shape index (κ1) is 6.20. The molecule has 2 heteroatoms. The van der Waals surface area contributed by atoms with Gasteiger partial charge >= 0.3 is 0 Å². The largest absolute Gasteiger partial charge is 0.254 e. The van der Waals surface area contributed by atoms with E-state index in [4.69, 9.17) is 0 Å². The molecular formula is C7H7FN. The van der Waals surface area contributed by atoms with Gasteiger partial charge in [0, 0.05) is 11.8 Å². The van der Waals surface area contributed by atoms with E-state index in [0.717, 1.165) is 0 Å². The molecule has 0 aromatic carbocycles. The standard InChI is InChI=1S/C7H7FN/c1-6(8)7-3-2-4-9-5-7/h2-3,5-6H,1H3. The van der Waals surface area contributed by atoms with E-state index < -0.39 is 6.17 Å². The van der Waals surface area contributed by atoms with Gasteiger partial charge in [-0.3, -0.25) is 4.98 Å². The zero-order valence-corrected chi connectivity index (χ0v) is 5.13. The second-order valence-corrected chi connectivity index (χ2v) is 1.84. The van der Waals surface area contributed by atoms with Gasteiger partial charge in [-0.2, -0.15) is 0 Å². The molecule has 1 heterocycles. The minimum absolute atomic E-state index is 0.605. The summed E-state index contributed by atoms with van der Waals surface area (Å²) in [4.78, 5) is 3.64. The molecule has 0 aliphatic heterocycles. The molecule has 47 valence electrons. The molecular weight excluding hydrogens is 117 g/mol. The van der Waals surface area contributed by atoms with E-state index in [1.807, 2.05) is 0 Å². The molecule has 1 aromatic rings. The minimum atomic E-state index is -0.924. The highest BCUT2D eigenvalue weighted by atomic mass is 19.1. The van der Waals surface area contributed by atoms with Crippen molar-refractivity contribution in [1.82, 2.24) is 4.98 Å². The highest BCUT2D eigenvalue weighted by Crippen LogP contribution is 2.12. The van der Waals surface area contributed by atoms with Crippen LogP contribution in [0.1, 0.15) is 18.7 Å². The van der Waals surface area contributed by atoms with Crippen molar-refractivity contribution in [2.45, 2.75) is 13.1 Å². The zero-order valence-electron chi connectivity index (χ0n) is 5.13. The van der Waals surface area contributed by atoms with Crippen molar-refractivity contribution in [3.05, 3.63) is 30.1 Å². The molecule has 1 nitrogen and oxygen atoms in total. The van der Waals surface area contributed by atoms with Crippen molar-refractivity contribution < 1.29 is 4.39 Å². The SMILES string of the molecule is CC(F)c1cc[c]nc1. The first-order valence-corrected chi connectivity index (χ1v) is 2.77. The van der Waals surface area contributed by atoms with Crippen LogP contribution in [0, 0.1) is 6.20 Å². The Labute approximate surface area is 53.5 Å². The lowest BCUT2D eigenvalue weighted by molar-refractivity contribution is 0.373. The molecule has 0 saturated heterocycles. The van der Waals surface area contributed by atoms with Crippen LogP contribution in [0.25, 0.3) is 0 Å². The maximum absolute atomic E-state index is 12.4. The van der Waals surface area contributed by atoms with Crippen LogP contribution in [0.3, 0.4) is 0 Å². The van der Waals surface area contributed by atoms with Crippen LogP contribution < -0.4 is 0 Å². The van der Waals surface area contributed by atoms with E-state index in [0.29, 0.717) is 5.56 Å². The maximum Gasteiger partial charge on any atom is 0.124 e. The number of pyridine rings is 1. The van der Waals surface area contributed by atoms with Crippen LogP contribution in [-0.4, -0.2) is 4.98 Å². The summed E-state index contributed by atoms with van der Waals surface area (Å²) in [5.41, 5.74) is 0.605. The molecule has 0 fully saturated rings. The van der Waals surface area contributed by atoms with Gasteiger partial charge in [0.05, 0.1) is 6.20 Å². The molecule has 0 saturated carbocycles. The average Bonchev–Trinajstić information content (AvgIpc) is 1.90. The van der Waals surface area contributed by atoms with Crippen LogP contribution >= 0.6 is 0 Å². The van der Waals surface area contributed by atoms with Gasteiger partial charge in [0.2, 0.25) is 0 Å². The zero-order chi connectivity index (χ0) is 6.69. The lowest BCUT2D eigenvalue weighted by Gasteiger charge is -1.96. The van der Waals surface area contributed by atoms with E-state index in [2.05, 4.69) is 11.2 Å². The summed E-state index contributed by atoms with van der Waals surface area (Å²) in [6.45, 7) is 1.48. The Morgan fingerprint density at radius 1 is 1.78 bits per heavy atom. The number of alkyl halides is 1. The van der Waals surface area contributed by atoms with Crippen molar-refractivity contribution in [2.24, 2.45) is 0 Å².